The minimum absolute atomic E-state index is 0.0113. The van der Waals surface area contributed by atoms with Gasteiger partial charge in [0.15, 0.2) is 0 Å². The molecule has 0 spiro atoms. The molecule has 20 heavy (non-hydrogen) atoms. The zero-order chi connectivity index (χ0) is 14.7. The Kier molecular flexibility index (Phi) is 4.61. The van der Waals surface area contributed by atoms with Gasteiger partial charge in [-0.3, -0.25) is 10.1 Å². The number of nitrogens with one attached hydrogen (secondary N) is 1. The molecule has 2 aromatic rings. The number of hydrogen-bond acceptors (Lipinski definition) is 4. The molecule has 0 fully saturated rings. The fourth-order valence-corrected chi connectivity index (χ4v) is 2.44. The van der Waals surface area contributed by atoms with E-state index in [-0.39, 0.29) is 11.4 Å². The van der Waals surface area contributed by atoms with Crippen molar-refractivity contribution in [2.24, 2.45) is 0 Å². The molecule has 0 atom stereocenters. The number of nitro benzene ring substituents is 1. The molecular formula is C13H10Br2N2O3. The number of hydrogen-bond donors (Lipinski definition) is 2. The number of phenols is 1. The Balaban J connectivity index is 2.18. The minimum atomic E-state index is -0.431. The molecule has 0 saturated heterocycles. The molecule has 0 aliphatic rings. The third kappa shape index (κ3) is 3.49. The molecule has 0 saturated carbocycles. The first-order chi connectivity index (χ1) is 9.47. The lowest BCUT2D eigenvalue weighted by atomic mass is 10.2. The van der Waals surface area contributed by atoms with Crippen LogP contribution in [0.4, 0.5) is 11.4 Å². The lowest BCUT2D eigenvalue weighted by molar-refractivity contribution is -0.384. The normalized spacial score (nSPS) is 10.3. The van der Waals surface area contributed by atoms with Crippen LogP contribution < -0.4 is 5.32 Å². The van der Waals surface area contributed by atoms with Gasteiger partial charge < -0.3 is 10.4 Å². The topological polar surface area (TPSA) is 75.4 Å². The fraction of sp³-hybridized carbons (Fsp3) is 0.0769. The van der Waals surface area contributed by atoms with E-state index in [0.717, 1.165) is 5.56 Å². The van der Waals surface area contributed by atoms with Gasteiger partial charge >= 0.3 is 0 Å². The number of halogens is 2. The van der Waals surface area contributed by atoms with Crippen molar-refractivity contribution >= 4 is 43.2 Å². The van der Waals surface area contributed by atoms with E-state index < -0.39 is 4.92 Å². The summed E-state index contributed by atoms with van der Waals surface area (Å²) in [6.07, 6.45) is 0. The smallest absolute Gasteiger partial charge is 0.293 e. The van der Waals surface area contributed by atoms with Crippen molar-refractivity contribution in [2.45, 2.75) is 6.54 Å². The van der Waals surface area contributed by atoms with E-state index in [1.165, 1.54) is 6.07 Å². The highest BCUT2D eigenvalue weighted by molar-refractivity contribution is 9.10. The maximum Gasteiger partial charge on any atom is 0.293 e. The van der Waals surface area contributed by atoms with Gasteiger partial charge in [0.25, 0.3) is 5.69 Å². The molecule has 7 heteroatoms. The summed E-state index contributed by atoms with van der Waals surface area (Å²) in [6.45, 7) is 0.418. The van der Waals surface area contributed by atoms with Crippen molar-refractivity contribution in [3.05, 3.63) is 61.0 Å². The van der Waals surface area contributed by atoms with Gasteiger partial charge in [0.1, 0.15) is 11.4 Å². The Morgan fingerprint density at radius 1 is 1.20 bits per heavy atom. The Bertz CT molecular complexity index is 662. The van der Waals surface area contributed by atoms with Gasteiger partial charge in [0, 0.05) is 17.1 Å². The summed E-state index contributed by atoms with van der Waals surface area (Å²) in [5, 5.41) is 23.4. The predicted molar refractivity (Wildman–Crippen MR) is 83.9 cm³/mol. The second kappa shape index (κ2) is 6.23. The third-order valence-corrected chi connectivity index (χ3v) is 3.78. The van der Waals surface area contributed by atoms with E-state index in [1.807, 2.05) is 0 Å². The second-order valence-electron chi connectivity index (χ2n) is 4.06. The van der Waals surface area contributed by atoms with E-state index >= 15 is 0 Å². The number of nitro groups is 1. The van der Waals surface area contributed by atoms with Crippen LogP contribution in [0.25, 0.3) is 0 Å². The minimum Gasteiger partial charge on any atom is -0.507 e. The van der Waals surface area contributed by atoms with Crippen LogP contribution in [0.5, 0.6) is 5.75 Å². The fourth-order valence-electron chi connectivity index (χ4n) is 1.66. The van der Waals surface area contributed by atoms with Crippen LogP contribution in [0, 0.1) is 10.1 Å². The predicted octanol–water partition coefficient (Wildman–Crippen LogP) is 4.44. The molecule has 0 amide bonds. The molecule has 2 N–H and O–H groups in total. The lowest BCUT2D eigenvalue weighted by Gasteiger charge is -2.08. The molecule has 2 rings (SSSR count). The zero-order valence-corrected chi connectivity index (χ0v) is 13.3. The van der Waals surface area contributed by atoms with E-state index in [2.05, 4.69) is 37.2 Å². The number of benzene rings is 2. The van der Waals surface area contributed by atoms with Crippen molar-refractivity contribution in [3.63, 3.8) is 0 Å². The van der Waals surface area contributed by atoms with Crippen molar-refractivity contribution in [3.8, 4) is 5.75 Å². The van der Waals surface area contributed by atoms with Gasteiger partial charge in [-0.05, 0) is 45.8 Å². The molecule has 0 heterocycles. The highest BCUT2D eigenvalue weighted by Crippen LogP contribution is 2.29. The molecule has 2 aromatic carbocycles. The Morgan fingerprint density at radius 2 is 1.95 bits per heavy atom. The first-order valence-corrected chi connectivity index (χ1v) is 7.21. The van der Waals surface area contributed by atoms with E-state index in [1.54, 1.807) is 30.3 Å². The third-order valence-electron chi connectivity index (χ3n) is 2.65. The SMILES string of the molecule is O=[N+]([O-])c1cc(Br)ccc1NCc1ccc(O)c(Br)c1. The Labute approximate surface area is 132 Å². The van der Waals surface area contributed by atoms with Crippen molar-refractivity contribution in [1.82, 2.24) is 0 Å². The van der Waals surface area contributed by atoms with Gasteiger partial charge in [-0.1, -0.05) is 22.0 Å². The molecule has 0 unspecified atom stereocenters. The van der Waals surface area contributed by atoms with Crippen molar-refractivity contribution in [2.75, 3.05) is 5.32 Å². The van der Waals surface area contributed by atoms with Crippen molar-refractivity contribution in [1.29, 1.82) is 0 Å². The summed E-state index contributed by atoms with van der Waals surface area (Å²) in [7, 11) is 0. The molecule has 104 valence electrons. The standard InChI is InChI=1S/C13H10Br2N2O3/c14-9-2-3-11(12(6-9)17(19)20)16-7-8-1-4-13(18)10(15)5-8/h1-6,16,18H,7H2. The van der Waals surface area contributed by atoms with Crippen LogP contribution in [0.3, 0.4) is 0 Å². The summed E-state index contributed by atoms with van der Waals surface area (Å²) in [6, 6.07) is 9.91. The summed E-state index contributed by atoms with van der Waals surface area (Å²) in [5.74, 6) is 0.156. The van der Waals surface area contributed by atoms with Crippen LogP contribution >= 0.6 is 31.9 Å². The van der Waals surface area contributed by atoms with Gasteiger partial charge in [0.2, 0.25) is 0 Å². The number of rotatable bonds is 4. The summed E-state index contributed by atoms with van der Waals surface area (Å²) < 4.78 is 1.24. The van der Waals surface area contributed by atoms with Crippen LogP contribution in [0.2, 0.25) is 0 Å². The monoisotopic (exact) mass is 400 g/mol. The largest absolute Gasteiger partial charge is 0.507 e. The van der Waals surface area contributed by atoms with Crippen LogP contribution in [0.1, 0.15) is 5.56 Å². The quantitative estimate of drug-likeness (QED) is 0.586. The molecule has 0 aliphatic heterocycles. The maximum absolute atomic E-state index is 11.0. The molecule has 0 aromatic heterocycles. The summed E-state index contributed by atoms with van der Waals surface area (Å²) >= 11 is 6.44. The molecular weight excluding hydrogens is 392 g/mol. The molecule has 0 bridgehead atoms. The average Bonchev–Trinajstić information content (AvgIpc) is 2.41. The Hall–Kier alpha value is -1.60. The number of nitrogens with zero attached hydrogens (tertiary/aromatic N) is 1. The van der Waals surface area contributed by atoms with E-state index in [4.69, 9.17) is 0 Å². The number of anilines is 1. The van der Waals surface area contributed by atoms with E-state index in [0.29, 0.717) is 21.2 Å². The highest BCUT2D eigenvalue weighted by Gasteiger charge is 2.13. The molecule has 5 nitrogen and oxygen atoms in total. The second-order valence-corrected chi connectivity index (χ2v) is 5.83. The summed E-state index contributed by atoms with van der Waals surface area (Å²) in [4.78, 5) is 10.6. The van der Waals surface area contributed by atoms with Gasteiger partial charge in [0.05, 0.1) is 9.40 Å². The number of phenolic OH excluding ortho intramolecular Hbond substituents is 1. The van der Waals surface area contributed by atoms with Crippen molar-refractivity contribution < 1.29 is 10.0 Å². The van der Waals surface area contributed by atoms with Crippen LogP contribution in [0.15, 0.2) is 45.3 Å². The maximum atomic E-state index is 11.0. The van der Waals surface area contributed by atoms with Gasteiger partial charge in [-0.15, -0.1) is 0 Å². The number of aromatic hydroxyl groups is 1. The highest BCUT2D eigenvalue weighted by atomic mass is 79.9. The van der Waals surface area contributed by atoms with Crippen LogP contribution in [-0.4, -0.2) is 10.0 Å². The average molecular weight is 402 g/mol. The first kappa shape index (κ1) is 14.8. The van der Waals surface area contributed by atoms with Crippen LogP contribution in [-0.2, 0) is 6.54 Å². The Morgan fingerprint density at radius 3 is 2.60 bits per heavy atom. The molecule has 0 radical (unpaired) electrons. The van der Waals surface area contributed by atoms with Gasteiger partial charge in [-0.25, -0.2) is 0 Å². The zero-order valence-electron chi connectivity index (χ0n) is 10.1. The first-order valence-electron chi connectivity index (χ1n) is 5.62. The van der Waals surface area contributed by atoms with Gasteiger partial charge in [-0.2, -0.15) is 0 Å². The van der Waals surface area contributed by atoms with E-state index in [9.17, 15) is 15.2 Å². The molecule has 0 aliphatic carbocycles. The summed E-state index contributed by atoms with van der Waals surface area (Å²) in [5.41, 5.74) is 1.35. The lowest BCUT2D eigenvalue weighted by Crippen LogP contribution is -2.02.